The quantitative estimate of drug-likeness (QED) is 0.572. The second kappa shape index (κ2) is 11.2. The molecule has 1 aliphatic heterocycles. The van der Waals surface area contributed by atoms with Gasteiger partial charge in [0.15, 0.2) is 11.5 Å². The van der Waals surface area contributed by atoms with Crippen LogP contribution in [-0.4, -0.2) is 55.5 Å². The molecule has 0 radical (unpaired) electrons. The summed E-state index contributed by atoms with van der Waals surface area (Å²) < 4.78 is 32.3. The lowest BCUT2D eigenvalue weighted by Crippen LogP contribution is -2.52. The molecule has 10 heteroatoms. The molecule has 9 nitrogen and oxygen atoms in total. The van der Waals surface area contributed by atoms with E-state index in [4.69, 9.17) is 4.42 Å². The van der Waals surface area contributed by atoms with Gasteiger partial charge in [-0.15, -0.1) is 0 Å². The van der Waals surface area contributed by atoms with E-state index in [0.29, 0.717) is 25.2 Å². The number of carbonyl (C=O) groups is 3. The molecule has 1 saturated heterocycles. The van der Waals surface area contributed by atoms with Crippen LogP contribution in [0, 0.1) is 5.92 Å². The monoisotopic (exact) mass is 501 g/mol. The fourth-order valence-electron chi connectivity index (χ4n) is 4.82. The molecule has 2 amide bonds. The molecule has 2 atom stereocenters. The molecule has 1 aromatic heterocycles. The molecule has 2 aliphatic rings. The van der Waals surface area contributed by atoms with Crippen molar-refractivity contribution in [2.45, 2.75) is 61.9 Å². The van der Waals surface area contributed by atoms with Crippen molar-refractivity contribution in [1.82, 2.24) is 14.9 Å². The second-order valence-electron chi connectivity index (χ2n) is 9.21. The van der Waals surface area contributed by atoms with Crippen molar-refractivity contribution in [3.8, 4) is 0 Å². The number of Topliss-reactive ketones (excluding diaryl/α,β-unsaturated/α-hetero) is 1. The van der Waals surface area contributed by atoms with Crippen LogP contribution in [0.2, 0.25) is 0 Å². The van der Waals surface area contributed by atoms with Crippen molar-refractivity contribution in [1.29, 1.82) is 0 Å². The SMILES string of the molecule is O=C(N[C@@H](CC1CCCC1)C(=O)NC1CCCN(S(=O)(=O)c2ccccc2)CC1=O)c1ccco1. The first-order valence-corrected chi connectivity index (χ1v) is 13.5. The molecule has 1 aromatic carbocycles. The van der Waals surface area contributed by atoms with Gasteiger partial charge in [0.1, 0.15) is 6.04 Å². The van der Waals surface area contributed by atoms with Gasteiger partial charge in [0.2, 0.25) is 15.9 Å². The van der Waals surface area contributed by atoms with Crippen molar-refractivity contribution in [2.75, 3.05) is 13.1 Å². The van der Waals surface area contributed by atoms with Crippen molar-refractivity contribution < 1.29 is 27.2 Å². The fourth-order valence-corrected chi connectivity index (χ4v) is 6.28. The Balaban J connectivity index is 1.43. The highest BCUT2D eigenvalue weighted by atomic mass is 32.2. The minimum Gasteiger partial charge on any atom is -0.459 e. The largest absolute Gasteiger partial charge is 0.459 e. The van der Waals surface area contributed by atoms with E-state index >= 15 is 0 Å². The molecule has 2 fully saturated rings. The van der Waals surface area contributed by atoms with Crippen molar-refractivity contribution in [3.05, 3.63) is 54.5 Å². The van der Waals surface area contributed by atoms with Crippen LogP contribution in [0.25, 0.3) is 0 Å². The third-order valence-corrected chi connectivity index (χ3v) is 8.59. The standard InChI is InChI=1S/C25H31N3O6S/c29-22-17-28(35(32,33)19-10-2-1-3-11-19)14-6-12-20(22)26-24(30)21(16-18-8-4-5-9-18)27-25(31)23-13-7-15-34-23/h1-3,7,10-11,13,15,18,20-21H,4-6,8-9,12,14,16-17H2,(H,26,30)(H,27,31)/t20?,21-/m0/s1. The number of hydrogen-bond donors (Lipinski definition) is 2. The first-order chi connectivity index (χ1) is 16.8. The number of hydrogen-bond acceptors (Lipinski definition) is 6. The number of benzene rings is 1. The van der Waals surface area contributed by atoms with Gasteiger partial charge in [0, 0.05) is 6.54 Å². The molecule has 1 aliphatic carbocycles. The average molecular weight is 502 g/mol. The summed E-state index contributed by atoms with van der Waals surface area (Å²) in [4.78, 5) is 38.9. The highest BCUT2D eigenvalue weighted by molar-refractivity contribution is 7.89. The van der Waals surface area contributed by atoms with Crippen molar-refractivity contribution in [2.24, 2.45) is 5.92 Å². The van der Waals surface area contributed by atoms with Crippen LogP contribution in [0.4, 0.5) is 0 Å². The normalized spacial score (nSPS) is 20.8. The number of rotatable bonds is 8. The van der Waals surface area contributed by atoms with Gasteiger partial charge in [-0.1, -0.05) is 43.9 Å². The van der Waals surface area contributed by atoms with Crippen LogP contribution < -0.4 is 10.6 Å². The van der Waals surface area contributed by atoms with Gasteiger partial charge in [-0.05, 0) is 49.4 Å². The topological polar surface area (TPSA) is 126 Å². The van der Waals surface area contributed by atoms with Crippen LogP contribution in [0.5, 0.6) is 0 Å². The van der Waals surface area contributed by atoms with E-state index in [9.17, 15) is 22.8 Å². The molecule has 4 rings (SSSR count). The highest BCUT2D eigenvalue weighted by Crippen LogP contribution is 2.29. The lowest BCUT2D eigenvalue weighted by Gasteiger charge is -2.24. The highest BCUT2D eigenvalue weighted by Gasteiger charge is 2.35. The van der Waals surface area contributed by atoms with E-state index in [1.165, 1.54) is 28.8 Å². The van der Waals surface area contributed by atoms with Crippen LogP contribution in [0.3, 0.4) is 0 Å². The number of carbonyl (C=O) groups excluding carboxylic acids is 3. The average Bonchev–Trinajstić information content (AvgIpc) is 3.54. The summed E-state index contributed by atoms with van der Waals surface area (Å²) in [5.74, 6) is -0.858. The summed E-state index contributed by atoms with van der Waals surface area (Å²) in [6.45, 7) is -0.121. The summed E-state index contributed by atoms with van der Waals surface area (Å²) in [6, 6.07) is 9.50. The van der Waals surface area contributed by atoms with Crippen LogP contribution >= 0.6 is 0 Å². The smallest absolute Gasteiger partial charge is 0.287 e. The van der Waals surface area contributed by atoms with Gasteiger partial charge >= 0.3 is 0 Å². The summed E-state index contributed by atoms with van der Waals surface area (Å²) in [7, 11) is -3.81. The first-order valence-electron chi connectivity index (χ1n) is 12.1. The minimum atomic E-state index is -3.81. The summed E-state index contributed by atoms with van der Waals surface area (Å²) in [5.41, 5.74) is 0. The Morgan fingerprint density at radius 3 is 2.46 bits per heavy atom. The van der Waals surface area contributed by atoms with Crippen LogP contribution in [-0.2, 0) is 19.6 Å². The third-order valence-electron chi connectivity index (χ3n) is 6.73. The van der Waals surface area contributed by atoms with Gasteiger partial charge in [0.05, 0.1) is 23.7 Å². The van der Waals surface area contributed by atoms with E-state index in [2.05, 4.69) is 10.6 Å². The zero-order valence-corrected chi connectivity index (χ0v) is 20.3. The number of furan rings is 1. The lowest BCUT2D eigenvalue weighted by molar-refractivity contribution is -0.129. The number of sulfonamides is 1. The molecule has 0 bridgehead atoms. The van der Waals surface area contributed by atoms with Crippen LogP contribution in [0.1, 0.15) is 55.5 Å². The van der Waals surface area contributed by atoms with E-state index in [-0.39, 0.29) is 29.5 Å². The van der Waals surface area contributed by atoms with Gasteiger partial charge in [-0.25, -0.2) is 8.42 Å². The number of ketones is 1. The van der Waals surface area contributed by atoms with Crippen molar-refractivity contribution in [3.63, 3.8) is 0 Å². The lowest BCUT2D eigenvalue weighted by atomic mass is 9.97. The molecular formula is C25H31N3O6S. The summed E-state index contributed by atoms with van der Waals surface area (Å²) >= 11 is 0. The molecule has 2 heterocycles. The molecule has 1 unspecified atom stereocenters. The minimum absolute atomic E-state index is 0.113. The number of nitrogens with one attached hydrogen (secondary N) is 2. The Bertz CT molecular complexity index is 1130. The second-order valence-corrected chi connectivity index (χ2v) is 11.1. The maximum Gasteiger partial charge on any atom is 0.287 e. The third kappa shape index (κ3) is 6.18. The molecule has 2 aromatic rings. The number of nitrogens with zero attached hydrogens (tertiary/aromatic N) is 1. The van der Waals surface area contributed by atoms with Gasteiger partial charge < -0.3 is 15.1 Å². The summed E-state index contributed by atoms with van der Waals surface area (Å²) in [5, 5.41) is 5.55. The Kier molecular flexibility index (Phi) is 8.02. The van der Waals surface area contributed by atoms with E-state index in [1.807, 2.05) is 0 Å². The number of amides is 2. The molecule has 35 heavy (non-hydrogen) atoms. The Labute approximate surface area is 205 Å². The molecular weight excluding hydrogens is 470 g/mol. The predicted octanol–water partition coefficient (Wildman–Crippen LogP) is 2.50. The van der Waals surface area contributed by atoms with Gasteiger partial charge in [-0.3, -0.25) is 14.4 Å². The fraction of sp³-hybridized carbons (Fsp3) is 0.480. The predicted molar refractivity (Wildman–Crippen MR) is 128 cm³/mol. The maximum absolute atomic E-state index is 13.2. The van der Waals surface area contributed by atoms with Gasteiger partial charge in [-0.2, -0.15) is 4.31 Å². The van der Waals surface area contributed by atoms with Crippen LogP contribution in [0.15, 0.2) is 58.0 Å². The van der Waals surface area contributed by atoms with E-state index in [1.54, 1.807) is 24.3 Å². The Hall–Kier alpha value is -2.98. The van der Waals surface area contributed by atoms with E-state index < -0.39 is 33.9 Å². The molecule has 2 N–H and O–H groups in total. The molecule has 1 saturated carbocycles. The van der Waals surface area contributed by atoms with E-state index in [0.717, 1.165) is 25.7 Å². The van der Waals surface area contributed by atoms with Crippen molar-refractivity contribution >= 4 is 27.6 Å². The summed E-state index contributed by atoms with van der Waals surface area (Å²) in [6.07, 6.45) is 6.80. The zero-order valence-electron chi connectivity index (χ0n) is 19.5. The first kappa shape index (κ1) is 25.1. The Morgan fingerprint density at radius 1 is 1.03 bits per heavy atom. The zero-order chi connectivity index (χ0) is 24.8. The molecule has 0 spiro atoms. The molecule has 188 valence electrons. The Morgan fingerprint density at radius 2 is 1.77 bits per heavy atom. The maximum atomic E-state index is 13.2. The van der Waals surface area contributed by atoms with Gasteiger partial charge in [0.25, 0.3) is 5.91 Å².